The molecule has 3 aliphatic rings. The van der Waals surface area contributed by atoms with Crippen LogP contribution in [0.25, 0.3) is 0 Å². The van der Waals surface area contributed by atoms with Crippen LogP contribution in [-0.4, -0.2) is 75.9 Å². The number of piperidine rings is 1. The van der Waals surface area contributed by atoms with Gasteiger partial charge in [0.15, 0.2) is 5.78 Å². The van der Waals surface area contributed by atoms with Crippen LogP contribution in [0.2, 0.25) is 5.02 Å². The van der Waals surface area contributed by atoms with Gasteiger partial charge in [-0.05, 0) is 54.4 Å². The summed E-state index contributed by atoms with van der Waals surface area (Å²) in [5.74, 6) is 0.698. The highest BCUT2D eigenvalue weighted by Crippen LogP contribution is 2.39. The third-order valence-corrected chi connectivity index (χ3v) is 7.72. The molecule has 0 aromatic heterocycles. The van der Waals surface area contributed by atoms with Crippen LogP contribution in [0, 0.1) is 0 Å². The van der Waals surface area contributed by atoms with Gasteiger partial charge in [0.25, 0.3) is 0 Å². The van der Waals surface area contributed by atoms with E-state index in [1.165, 1.54) is 0 Å². The molecule has 1 spiro atoms. The number of hydrogen-bond acceptors (Lipinski definition) is 8. The number of hydrogen-bond donors (Lipinski definition) is 5. The van der Waals surface area contributed by atoms with E-state index in [9.17, 15) is 25.2 Å². The molecule has 2 saturated heterocycles. The molecule has 0 bridgehead atoms. The maximum absolute atomic E-state index is 13.0. The summed E-state index contributed by atoms with van der Waals surface area (Å²) in [5, 5.41) is 44.0. The summed E-state index contributed by atoms with van der Waals surface area (Å²) in [7, 11) is 0. The smallest absolute Gasteiger partial charge is 0.170 e. The first kappa shape index (κ1) is 24.6. The highest BCUT2D eigenvalue weighted by molar-refractivity contribution is 6.31. The highest BCUT2D eigenvalue weighted by atomic mass is 35.5. The lowest BCUT2D eigenvalue weighted by molar-refractivity contribution is -0.231. The molecule has 8 nitrogen and oxygen atoms in total. The van der Waals surface area contributed by atoms with Crippen molar-refractivity contribution in [2.45, 2.75) is 61.8 Å². The van der Waals surface area contributed by atoms with Crippen LogP contribution in [0.5, 0.6) is 5.75 Å². The number of Topliss-reactive ketones (excluding diaryl/α,β-unsaturated/α-hetero) is 1. The SMILES string of the molecule is O=C1CC2(CCNCC2)Oc2ccc(Cc3cc([C@@H]4O[C@H](CO)[C@@H](O)[C@H](O)[C@H]4O)ccc3Cl)cc21. The normalized spacial score (nSPS) is 30.1. The first-order valence-electron chi connectivity index (χ1n) is 11.9. The number of benzene rings is 2. The minimum Gasteiger partial charge on any atom is -0.486 e. The van der Waals surface area contributed by atoms with E-state index in [0.29, 0.717) is 34.7 Å². The number of nitrogens with one attached hydrogen (secondary N) is 1. The van der Waals surface area contributed by atoms with Crippen molar-refractivity contribution in [1.82, 2.24) is 5.32 Å². The van der Waals surface area contributed by atoms with Crippen LogP contribution < -0.4 is 10.1 Å². The van der Waals surface area contributed by atoms with Crippen LogP contribution in [0.3, 0.4) is 0 Å². The Balaban J connectivity index is 1.38. The fraction of sp³-hybridized carbons (Fsp3) is 0.500. The summed E-state index contributed by atoms with van der Waals surface area (Å²) < 4.78 is 12.0. The molecule has 35 heavy (non-hydrogen) atoms. The number of ketones is 1. The molecular weight excluding hydrogens is 474 g/mol. The van der Waals surface area contributed by atoms with Crippen molar-refractivity contribution < 1.29 is 34.7 Å². The van der Waals surface area contributed by atoms with E-state index in [2.05, 4.69) is 5.32 Å². The zero-order valence-corrected chi connectivity index (χ0v) is 19.9. The van der Waals surface area contributed by atoms with Crippen LogP contribution in [0.4, 0.5) is 0 Å². The first-order chi connectivity index (χ1) is 16.8. The summed E-state index contributed by atoms with van der Waals surface area (Å²) >= 11 is 6.47. The summed E-state index contributed by atoms with van der Waals surface area (Å²) in [6.07, 6.45) is -3.77. The molecule has 2 aromatic carbocycles. The van der Waals surface area contributed by atoms with Crippen molar-refractivity contribution in [3.8, 4) is 5.75 Å². The number of aliphatic hydroxyl groups is 4. The first-order valence-corrected chi connectivity index (χ1v) is 12.3. The van der Waals surface area contributed by atoms with E-state index < -0.39 is 42.7 Å². The number of carbonyl (C=O) groups excluding carboxylic acids is 1. The quantitative estimate of drug-likeness (QED) is 0.425. The Labute approximate surface area is 208 Å². The Kier molecular flexibility index (Phi) is 6.89. The lowest BCUT2D eigenvalue weighted by Gasteiger charge is -2.41. The predicted octanol–water partition coefficient (Wildman–Crippen LogP) is 1.53. The van der Waals surface area contributed by atoms with Gasteiger partial charge < -0.3 is 35.2 Å². The van der Waals surface area contributed by atoms with E-state index >= 15 is 0 Å². The van der Waals surface area contributed by atoms with Gasteiger partial charge in [-0.3, -0.25) is 4.79 Å². The topological polar surface area (TPSA) is 128 Å². The molecule has 188 valence electrons. The molecule has 5 atom stereocenters. The van der Waals surface area contributed by atoms with Gasteiger partial charge in [-0.1, -0.05) is 29.8 Å². The Bertz CT molecular complexity index is 1100. The Morgan fingerprint density at radius 1 is 1.03 bits per heavy atom. The molecule has 5 rings (SSSR count). The Morgan fingerprint density at radius 2 is 1.80 bits per heavy atom. The largest absolute Gasteiger partial charge is 0.486 e. The van der Waals surface area contributed by atoms with Gasteiger partial charge >= 0.3 is 0 Å². The molecule has 3 aliphatic heterocycles. The summed E-state index contributed by atoms with van der Waals surface area (Å²) in [4.78, 5) is 13.0. The van der Waals surface area contributed by atoms with E-state index in [1.54, 1.807) is 18.2 Å². The molecule has 3 heterocycles. The fourth-order valence-corrected chi connectivity index (χ4v) is 5.50. The molecule has 2 fully saturated rings. The number of carbonyl (C=O) groups is 1. The number of fused-ring (bicyclic) bond motifs is 1. The average Bonchev–Trinajstić information content (AvgIpc) is 2.85. The summed E-state index contributed by atoms with van der Waals surface area (Å²) in [5.41, 5.74) is 2.36. The van der Waals surface area contributed by atoms with Gasteiger partial charge in [0, 0.05) is 17.9 Å². The van der Waals surface area contributed by atoms with Crippen LogP contribution >= 0.6 is 11.6 Å². The van der Waals surface area contributed by atoms with E-state index in [-0.39, 0.29) is 5.78 Å². The zero-order valence-electron chi connectivity index (χ0n) is 19.2. The minimum absolute atomic E-state index is 0.0798. The lowest BCUT2D eigenvalue weighted by atomic mass is 9.82. The maximum atomic E-state index is 13.0. The molecule has 0 aliphatic carbocycles. The van der Waals surface area contributed by atoms with Crippen molar-refractivity contribution >= 4 is 17.4 Å². The standard InChI is InChI=1S/C26H30ClNO7/c27-18-3-2-15(25-24(33)23(32)22(31)21(13-29)34-25)11-16(18)9-14-1-4-20-17(10-14)19(30)12-26(35-20)5-7-28-8-6-26/h1-4,10-11,21-25,28-29,31-33H,5-9,12-13H2/t21-,22-,23+,24-,25+/m1/s1. The van der Waals surface area contributed by atoms with E-state index in [0.717, 1.165) is 37.1 Å². The van der Waals surface area contributed by atoms with Crippen LogP contribution in [0.15, 0.2) is 36.4 Å². The Hall–Kier alpha value is -2.04. The van der Waals surface area contributed by atoms with Gasteiger partial charge in [0.2, 0.25) is 0 Å². The molecule has 9 heteroatoms. The van der Waals surface area contributed by atoms with Crippen molar-refractivity contribution in [3.63, 3.8) is 0 Å². The van der Waals surface area contributed by atoms with E-state index in [1.807, 2.05) is 18.2 Å². The molecule has 2 aromatic rings. The van der Waals surface area contributed by atoms with Gasteiger partial charge in [-0.2, -0.15) is 0 Å². The molecular formula is C26H30ClNO7. The second-order valence-corrected chi connectivity index (χ2v) is 10.1. The van der Waals surface area contributed by atoms with Gasteiger partial charge in [0.05, 0.1) is 18.6 Å². The Morgan fingerprint density at radius 3 is 2.54 bits per heavy atom. The highest BCUT2D eigenvalue weighted by Gasteiger charge is 2.44. The van der Waals surface area contributed by atoms with Crippen LogP contribution in [0.1, 0.15) is 52.4 Å². The maximum Gasteiger partial charge on any atom is 0.170 e. The third kappa shape index (κ3) is 4.72. The fourth-order valence-electron chi connectivity index (χ4n) is 5.32. The van der Waals surface area contributed by atoms with Gasteiger partial charge in [-0.15, -0.1) is 0 Å². The number of halogens is 1. The lowest BCUT2D eigenvalue weighted by Crippen LogP contribution is -2.55. The second-order valence-electron chi connectivity index (χ2n) is 9.74. The van der Waals surface area contributed by atoms with Gasteiger partial charge in [0.1, 0.15) is 41.9 Å². The summed E-state index contributed by atoms with van der Waals surface area (Å²) in [6, 6.07) is 10.8. The number of aliphatic hydroxyl groups excluding tert-OH is 4. The number of ether oxygens (including phenoxy) is 2. The molecule has 0 saturated carbocycles. The van der Waals surface area contributed by atoms with Crippen LogP contribution in [-0.2, 0) is 11.2 Å². The average molecular weight is 504 g/mol. The van der Waals surface area contributed by atoms with Crippen molar-refractivity contribution in [3.05, 3.63) is 63.7 Å². The third-order valence-electron chi connectivity index (χ3n) is 7.35. The number of rotatable bonds is 4. The molecule has 5 N–H and O–H groups in total. The van der Waals surface area contributed by atoms with Gasteiger partial charge in [-0.25, -0.2) is 0 Å². The monoisotopic (exact) mass is 503 g/mol. The minimum atomic E-state index is -1.46. The molecule has 0 amide bonds. The van der Waals surface area contributed by atoms with Crippen molar-refractivity contribution in [2.24, 2.45) is 0 Å². The summed E-state index contributed by atoms with van der Waals surface area (Å²) in [6.45, 7) is 1.18. The predicted molar refractivity (Wildman–Crippen MR) is 128 cm³/mol. The zero-order chi connectivity index (χ0) is 24.7. The molecule has 0 unspecified atom stereocenters. The second kappa shape index (κ2) is 9.78. The molecule has 0 radical (unpaired) electrons. The van der Waals surface area contributed by atoms with Crippen molar-refractivity contribution in [2.75, 3.05) is 19.7 Å². The van der Waals surface area contributed by atoms with E-state index in [4.69, 9.17) is 21.1 Å². The van der Waals surface area contributed by atoms with Crippen molar-refractivity contribution in [1.29, 1.82) is 0 Å².